The van der Waals surface area contributed by atoms with Gasteiger partial charge in [-0.3, -0.25) is 14.7 Å². The summed E-state index contributed by atoms with van der Waals surface area (Å²) in [6, 6.07) is 0. The van der Waals surface area contributed by atoms with Gasteiger partial charge in [0.05, 0.1) is 22.3 Å². The van der Waals surface area contributed by atoms with Crippen molar-refractivity contribution in [1.82, 2.24) is 10.2 Å². The Hall–Kier alpha value is -2.35. The Balaban J connectivity index is 1.88. The first-order valence-electron chi connectivity index (χ1n) is 6.55. The van der Waals surface area contributed by atoms with E-state index in [4.69, 9.17) is 11.5 Å². The second-order valence-corrected chi connectivity index (χ2v) is 6.03. The molecular weight excluding hydrogens is 290 g/mol. The summed E-state index contributed by atoms with van der Waals surface area (Å²) in [7, 11) is 0. The molecule has 6 N–H and O–H groups in total. The van der Waals surface area contributed by atoms with Gasteiger partial charge in [0.25, 0.3) is 5.91 Å². The molecule has 21 heavy (non-hydrogen) atoms. The third-order valence-electron chi connectivity index (χ3n) is 3.37. The lowest BCUT2D eigenvalue weighted by Crippen LogP contribution is -2.15. The number of hydrogen-bond donors (Lipinski definition) is 4. The van der Waals surface area contributed by atoms with Crippen molar-refractivity contribution in [3.63, 3.8) is 0 Å². The van der Waals surface area contributed by atoms with E-state index in [0.717, 1.165) is 18.4 Å². The number of thiophene rings is 1. The van der Waals surface area contributed by atoms with Crippen LogP contribution in [0.4, 0.5) is 10.7 Å². The molecule has 0 unspecified atom stereocenters. The summed E-state index contributed by atoms with van der Waals surface area (Å²) in [5, 5.41) is 10.2. The summed E-state index contributed by atoms with van der Waals surface area (Å²) >= 11 is 1.20. The molecule has 2 aromatic heterocycles. The van der Waals surface area contributed by atoms with Crippen molar-refractivity contribution in [1.29, 1.82) is 0 Å². The monoisotopic (exact) mass is 305 g/mol. The summed E-state index contributed by atoms with van der Waals surface area (Å²) in [4.78, 5) is 24.2. The van der Waals surface area contributed by atoms with Crippen LogP contribution >= 0.6 is 11.3 Å². The summed E-state index contributed by atoms with van der Waals surface area (Å²) in [5.74, 6) is -0.571. The molecule has 1 aliphatic carbocycles. The number of Topliss-reactive ketones (excluding diaryl/α,β-unsaturated/α-hetero) is 1. The first kappa shape index (κ1) is 13.6. The number of amides is 1. The number of aromatic amines is 1. The van der Waals surface area contributed by atoms with Crippen LogP contribution in [0.2, 0.25) is 0 Å². The number of nitrogens with zero attached hydrogens (tertiary/aromatic N) is 1. The van der Waals surface area contributed by atoms with E-state index in [1.165, 1.54) is 11.3 Å². The number of hydrogen-bond acceptors (Lipinski definition) is 6. The smallest absolute Gasteiger partial charge is 0.253 e. The zero-order chi connectivity index (χ0) is 15.0. The molecule has 1 saturated carbocycles. The highest BCUT2D eigenvalue weighted by Crippen LogP contribution is 2.41. The molecule has 1 fully saturated rings. The van der Waals surface area contributed by atoms with Crippen molar-refractivity contribution in [2.24, 2.45) is 11.7 Å². The molecule has 1 aliphatic rings. The first-order valence-corrected chi connectivity index (χ1v) is 7.37. The maximum atomic E-state index is 12.2. The minimum atomic E-state index is -0.631. The molecule has 0 atom stereocenters. The number of ketones is 1. The highest BCUT2D eigenvalue weighted by Gasteiger charge is 2.34. The molecular formula is C13H15N5O2S. The molecule has 0 radical (unpaired) electrons. The fourth-order valence-corrected chi connectivity index (χ4v) is 3.22. The zero-order valence-corrected chi connectivity index (χ0v) is 12.0. The lowest BCUT2D eigenvalue weighted by molar-refractivity contribution is 0.0972. The highest BCUT2D eigenvalue weighted by atomic mass is 32.1. The van der Waals surface area contributed by atoms with Gasteiger partial charge in [-0.1, -0.05) is 0 Å². The van der Waals surface area contributed by atoms with Crippen molar-refractivity contribution >= 4 is 33.7 Å². The van der Waals surface area contributed by atoms with Crippen molar-refractivity contribution < 1.29 is 9.59 Å². The summed E-state index contributed by atoms with van der Waals surface area (Å²) in [6.07, 6.45) is 5.19. The standard InChI is InChI=1S/C13H15N5O2S/c14-9-8(12(15)20)13(16-3-6-4-17-18-5-6)21-11(9)10(19)7-1-2-7/h4-5,7,16H,1-3,14H2,(H2,15,20)(H,17,18). The molecule has 1 amide bonds. The van der Waals surface area contributed by atoms with Gasteiger partial charge in [0.1, 0.15) is 5.00 Å². The average Bonchev–Trinajstić information content (AvgIpc) is 3.06. The van der Waals surface area contributed by atoms with Crippen LogP contribution in [0, 0.1) is 5.92 Å². The number of rotatable bonds is 6. The normalized spacial score (nSPS) is 14.1. The number of carbonyl (C=O) groups is 2. The van der Waals surface area contributed by atoms with E-state index in [-0.39, 0.29) is 23.0 Å². The molecule has 0 spiro atoms. The second kappa shape index (κ2) is 5.21. The number of carbonyl (C=O) groups excluding carboxylic acids is 2. The van der Waals surface area contributed by atoms with Crippen LogP contribution in [-0.4, -0.2) is 21.9 Å². The minimum Gasteiger partial charge on any atom is -0.397 e. The number of nitrogen functional groups attached to an aromatic ring is 1. The highest BCUT2D eigenvalue weighted by molar-refractivity contribution is 7.19. The molecule has 0 saturated heterocycles. The van der Waals surface area contributed by atoms with Crippen LogP contribution in [0.1, 0.15) is 38.4 Å². The van der Waals surface area contributed by atoms with Gasteiger partial charge in [0, 0.05) is 24.2 Å². The topological polar surface area (TPSA) is 127 Å². The van der Waals surface area contributed by atoms with E-state index in [0.29, 0.717) is 16.4 Å². The van der Waals surface area contributed by atoms with Gasteiger partial charge in [-0.25, -0.2) is 0 Å². The van der Waals surface area contributed by atoms with Crippen LogP contribution in [0.25, 0.3) is 0 Å². The first-order chi connectivity index (χ1) is 10.1. The molecule has 2 aromatic rings. The van der Waals surface area contributed by atoms with Crippen LogP contribution in [0.15, 0.2) is 12.4 Å². The summed E-state index contributed by atoms with van der Waals surface area (Å²) in [5.41, 5.74) is 12.7. The molecule has 0 aliphatic heterocycles. The fourth-order valence-electron chi connectivity index (χ4n) is 2.08. The van der Waals surface area contributed by atoms with E-state index >= 15 is 0 Å². The number of H-pyrrole nitrogens is 1. The Bertz CT molecular complexity index is 688. The number of nitrogens with two attached hydrogens (primary N) is 2. The van der Waals surface area contributed by atoms with Crippen molar-refractivity contribution in [2.45, 2.75) is 19.4 Å². The molecule has 3 rings (SSSR count). The third-order valence-corrected chi connectivity index (χ3v) is 4.55. The molecule has 0 aromatic carbocycles. The number of anilines is 2. The van der Waals surface area contributed by atoms with Crippen LogP contribution in [0.3, 0.4) is 0 Å². The Morgan fingerprint density at radius 1 is 1.48 bits per heavy atom. The lowest BCUT2D eigenvalue weighted by atomic mass is 10.1. The maximum Gasteiger partial charge on any atom is 0.253 e. The van der Waals surface area contributed by atoms with E-state index in [2.05, 4.69) is 15.5 Å². The van der Waals surface area contributed by atoms with E-state index in [1.54, 1.807) is 12.4 Å². The number of nitrogens with one attached hydrogen (secondary N) is 2. The van der Waals surface area contributed by atoms with Gasteiger partial charge >= 0.3 is 0 Å². The minimum absolute atomic E-state index is 0.0105. The molecule has 7 nitrogen and oxygen atoms in total. The quantitative estimate of drug-likeness (QED) is 0.599. The molecule has 0 bridgehead atoms. The van der Waals surface area contributed by atoms with E-state index < -0.39 is 5.91 Å². The van der Waals surface area contributed by atoms with E-state index in [9.17, 15) is 9.59 Å². The van der Waals surface area contributed by atoms with Crippen molar-refractivity contribution in [3.8, 4) is 0 Å². The molecule has 2 heterocycles. The van der Waals surface area contributed by atoms with Gasteiger partial charge in [0.2, 0.25) is 0 Å². The van der Waals surface area contributed by atoms with Gasteiger partial charge in [0.15, 0.2) is 5.78 Å². The van der Waals surface area contributed by atoms with E-state index in [1.807, 2.05) is 0 Å². The van der Waals surface area contributed by atoms with Crippen molar-refractivity contribution in [3.05, 3.63) is 28.4 Å². The summed E-state index contributed by atoms with van der Waals surface area (Å²) < 4.78 is 0. The lowest BCUT2D eigenvalue weighted by Gasteiger charge is -2.03. The van der Waals surface area contributed by atoms with Gasteiger partial charge in [-0.05, 0) is 12.8 Å². The predicted molar refractivity (Wildman–Crippen MR) is 80.2 cm³/mol. The summed E-state index contributed by atoms with van der Waals surface area (Å²) in [6.45, 7) is 0.466. The Morgan fingerprint density at radius 3 is 2.81 bits per heavy atom. The van der Waals surface area contributed by atoms with Crippen LogP contribution < -0.4 is 16.8 Å². The average molecular weight is 305 g/mol. The van der Waals surface area contributed by atoms with Gasteiger partial charge in [-0.2, -0.15) is 5.10 Å². The number of aromatic nitrogens is 2. The third kappa shape index (κ3) is 2.62. The Morgan fingerprint density at radius 2 is 2.24 bits per heavy atom. The van der Waals surface area contributed by atoms with Crippen LogP contribution in [0.5, 0.6) is 0 Å². The fraction of sp³-hybridized carbons (Fsp3) is 0.308. The number of primary amides is 1. The largest absolute Gasteiger partial charge is 0.397 e. The second-order valence-electron chi connectivity index (χ2n) is 5.01. The van der Waals surface area contributed by atoms with Crippen molar-refractivity contribution in [2.75, 3.05) is 11.1 Å². The Kier molecular flexibility index (Phi) is 3.38. The molecule has 8 heteroatoms. The van der Waals surface area contributed by atoms with Gasteiger partial charge in [-0.15, -0.1) is 11.3 Å². The van der Waals surface area contributed by atoms with Gasteiger partial charge < -0.3 is 16.8 Å². The maximum absolute atomic E-state index is 12.2. The molecule has 110 valence electrons. The zero-order valence-electron chi connectivity index (χ0n) is 11.2. The Labute approximate surface area is 124 Å². The SMILES string of the molecule is NC(=O)c1c(NCc2cn[nH]c2)sc(C(=O)C2CC2)c1N. The predicted octanol–water partition coefficient (Wildman–Crippen LogP) is 1.36. The van der Waals surface area contributed by atoms with Crippen LogP contribution in [-0.2, 0) is 6.54 Å².